The lowest BCUT2D eigenvalue weighted by molar-refractivity contribution is -0.133. The van der Waals surface area contributed by atoms with Crippen LogP contribution >= 0.6 is 15.9 Å². The lowest BCUT2D eigenvalue weighted by atomic mass is 9.52. The molecule has 0 amide bonds. The first kappa shape index (κ1) is 12.4. The molecule has 3 heteroatoms. The molecule has 4 rings (SSSR count). The van der Waals surface area contributed by atoms with E-state index >= 15 is 0 Å². The highest BCUT2D eigenvalue weighted by Crippen LogP contribution is 2.56. The van der Waals surface area contributed by atoms with E-state index in [-0.39, 0.29) is 5.33 Å². The van der Waals surface area contributed by atoms with E-state index < -0.39 is 5.97 Å². The molecule has 2 nitrogen and oxygen atoms in total. The van der Waals surface area contributed by atoms with Crippen molar-refractivity contribution in [1.29, 1.82) is 0 Å². The third kappa shape index (κ3) is 2.61. The van der Waals surface area contributed by atoms with Crippen molar-refractivity contribution in [2.24, 2.45) is 29.6 Å². The fraction of sp³-hybridized carbons (Fsp3) is 0.923. The van der Waals surface area contributed by atoms with Crippen molar-refractivity contribution in [3.8, 4) is 0 Å². The monoisotopic (exact) mass is 288 g/mol. The Kier molecular flexibility index (Phi) is 3.93. The highest BCUT2D eigenvalue weighted by molar-refractivity contribution is 9.09. The average molecular weight is 289 g/mol. The zero-order chi connectivity index (χ0) is 11.7. The molecule has 4 saturated carbocycles. The molecule has 4 aliphatic rings. The molecule has 0 spiro atoms. The van der Waals surface area contributed by atoms with Gasteiger partial charge in [0, 0.05) is 0 Å². The van der Waals surface area contributed by atoms with Gasteiger partial charge in [-0.25, -0.2) is 0 Å². The van der Waals surface area contributed by atoms with Crippen LogP contribution in [-0.2, 0) is 4.79 Å². The molecular formula is C13H21BrO2. The van der Waals surface area contributed by atoms with Gasteiger partial charge in [0.05, 0.1) is 0 Å². The summed E-state index contributed by atoms with van der Waals surface area (Å²) in [5.74, 6) is 4.87. The molecule has 0 unspecified atom stereocenters. The van der Waals surface area contributed by atoms with Gasteiger partial charge in [0.15, 0.2) is 0 Å². The fourth-order valence-electron chi connectivity index (χ4n) is 4.20. The second kappa shape index (κ2) is 5.07. The van der Waals surface area contributed by atoms with E-state index in [2.05, 4.69) is 22.9 Å². The zero-order valence-electron chi connectivity index (χ0n) is 9.86. The molecule has 0 aromatic heterocycles. The molecule has 4 bridgehead atoms. The summed E-state index contributed by atoms with van der Waals surface area (Å²) in [5.41, 5.74) is 0. The number of rotatable bonds is 1. The first-order valence-electron chi connectivity index (χ1n) is 6.38. The van der Waals surface area contributed by atoms with Crippen molar-refractivity contribution in [2.45, 2.75) is 39.0 Å². The highest BCUT2D eigenvalue weighted by atomic mass is 79.9. The van der Waals surface area contributed by atoms with Crippen LogP contribution in [0.1, 0.15) is 39.0 Å². The largest absolute Gasteiger partial charge is 0.481 e. The van der Waals surface area contributed by atoms with Crippen LogP contribution in [0.5, 0.6) is 0 Å². The van der Waals surface area contributed by atoms with Crippen molar-refractivity contribution in [1.82, 2.24) is 0 Å². The number of halogens is 1. The Bertz CT molecular complexity index is 237. The Morgan fingerprint density at radius 2 is 1.50 bits per heavy atom. The number of alkyl halides is 1. The number of aliphatic carboxylic acids is 1. The van der Waals surface area contributed by atoms with Gasteiger partial charge in [-0.1, -0.05) is 22.9 Å². The summed E-state index contributed by atoms with van der Waals surface area (Å²) < 4.78 is 0. The molecule has 0 saturated heterocycles. The molecule has 92 valence electrons. The maximum atomic E-state index is 9.32. The van der Waals surface area contributed by atoms with Crippen LogP contribution in [0.25, 0.3) is 0 Å². The highest BCUT2D eigenvalue weighted by Gasteiger charge is 2.45. The minimum absolute atomic E-state index is 0.0347. The van der Waals surface area contributed by atoms with E-state index in [1.54, 1.807) is 32.1 Å². The summed E-state index contributed by atoms with van der Waals surface area (Å²) >= 11 is 2.71. The van der Waals surface area contributed by atoms with Crippen molar-refractivity contribution in [3.05, 3.63) is 0 Å². The molecule has 0 aromatic carbocycles. The Hall–Kier alpha value is -0.0500. The standard InChI is InChI=1S/C11H18.C2H3BrO2/c1-7-10-3-8-2-9(5-10)6-11(7)4-8;3-1-2(4)5/h7-11H,2-6H2,1H3;1H2,(H,4,5). The van der Waals surface area contributed by atoms with Crippen LogP contribution in [-0.4, -0.2) is 16.4 Å². The maximum Gasteiger partial charge on any atom is 0.314 e. The summed E-state index contributed by atoms with van der Waals surface area (Å²) in [5, 5.41) is 7.71. The minimum atomic E-state index is -0.829. The second-order valence-corrected chi connectivity index (χ2v) is 6.38. The van der Waals surface area contributed by atoms with Crippen LogP contribution < -0.4 is 0 Å². The van der Waals surface area contributed by atoms with Gasteiger partial charge in [-0.2, -0.15) is 0 Å². The average Bonchev–Trinajstić information content (AvgIpc) is 2.25. The molecule has 16 heavy (non-hydrogen) atoms. The van der Waals surface area contributed by atoms with Gasteiger partial charge in [-0.05, 0) is 61.7 Å². The molecule has 0 heterocycles. The Balaban J connectivity index is 0.000000168. The van der Waals surface area contributed by atoms with E-state index in [1.165, 1.54) is 0 Å². The van der Waals surface area contributed by atoms with Crippen molar-refractivity contribution in [2.75, 3.05) is 5.33 Å². The van der Waals surface area contributed by atoms with E-state index in [4.69, 9.17) is 5.11 Å². The van der Waals surface area contributed by atoms with Crippen LogP contribution in [0, 0.1) is 29.6 Å². The van der Waals surface area contributed by atoms with Crippen molar-refractivity contribution in [3.63, 3.8) is 0 Å². The normalized spacial score (nSPS) is 43.8. The third-order valence-corrected chi connectivity index (χ3v) is 5.29. The van der Waals surface area contributed by atoms with Crippen LogP contribution in [0.4, 0.5) is 0 Å². The number of carboxylic acids is 1. The van der Waals surface area contributed by atoms with Gasteiger partial charge < -0.3 is 5.11 Å². The van der Waals surface area contributed by atoms with E-state index in [1.807, 2.05) is 0 Å². The maximum absolute atomic E-state index is 9.32. The SMILES string of the molecule is CC1C2CC3CC(C2)CC1C3.O=C(O)CBr. The molecule has 1 N–H and O–H groups in total. The van der Waals surface area contributed by atoms with E-state index in [9.17, 15) is 4.79 Å². The van der Waals surface area contributed by atoms with Gasteiger partial charge in [0.1, 0.15) is 5.33 Å². The Morgan fingerprint density at radius 3 is 1.81 bits per heavy atom. The second-order valence-electron chi connectivity index (χ2n) is 5.82. The Morgan fingerprint density at radius 1 is 1.12 bits per heavy atom. The summed E-state index contributed by atoms with van der Waals surface area (Å²) in [6.45, 7) is 2.51. The predicted octanol–water partition coefficient (Wildman–Crippen LogP) is 3.54. The van der Waals surface area contributed by atoms with Crippen LogP contribution in [0.2, 0.25) is 0 Å². The van der Waals surface area contributed by atoms with Gasteiger partial charge >= 0.3 is 5.97 Å². The molecular weight excluding hydrogens is 268 g/mol. The van der Waals surface area contributed by atoms with Crippen LogP contribution in [0.3, 0.4) is 0 Å². The van der Waals surface area contributed by atoms with Gasteiger partial charge in [-0.3, -0.25) is 4.79 Å². The quantitative estimate of drug-likeness (QED) is 0.750. The number of carboxylic acid groups (broad SMARTS) is 1. The van der Waals surface area contributed by atoms with Gasteiger partial charge in [0.25, 0.3) is 0 Å². The topological polar surface area (TPSA) is 37.3 Å². The lowest BCUT2D eigenvalue weighted by Crippen LogP contribution is -2.43. The molecule has 0 aromatic rings. The number of hydrogen-bond acceptors (Lipinski definition) is 1. The van der Waals surface area contributed by atoms with E-state index in [0.29, 0.717) is 0 Å². The van der Waals surface area contributed by atoms with Crippen LogP contribution in [0.15, 0.2) is 0 Å². The smallest absolute Gasteiger partial charge is 0.314 e. The molecule has 0 aliphatic heterocycles. The first-order chi connectivity index (χ1) is 7.60. The fourth-order valence-corrected chi connectivity index (χ4v) is 4.20. The van der Waals surface area contributed by atoms with Gasteiger partial charge in [-0.15, -0.1) is 0 Å². The number of carbonyl (C=O) groups is 1. The summed E-state index contributed by atoms with van der Waals surface area (Å²) in [7, 11) is 0. The third-order valence-electron chi connectivity index (χ3n) is 4.81. The Labute approximate surface area is 106 Å². The minimum Gasteiger partial charge on any atom is -0.481 e. The zero-order valence-corrected chi connectivity index (χ0v) is 11.4. The summed E-state index contributed by atoms with van der Waals surface area (Å²) in [4.78, 5) is 9.32. The first-order valence-corrected chi connectivity index (χ1v) is 7.50. The van der Waals surface area contributed by atoms with E-state index in [0.717, 1.165) is 29.6 Å². The molecule has 0 radical (unpaired) electrons. The summed E-state index contributed by atoms with van der Waals surface area (Å²) in [6.07, 6.45) is 7.96. The summed E-state index contributed by atoms with van der Waals surface area (Å²) in [6, 6.07) is 0. The molecule has 4 fully saturated rings. The molecule has 4 aliphatic carbocycles. The molecule has 0 atom stereocenters. The predicted molar refractivity (Wildman–Crippen MR) is 67.6 cm³/mol. The van der Waals surface area contributed by atoms with Gasteiger partial charge in [0.2, 0.25) is 0 Å². The number of hydrogen-bond donors (Lipinski definition) is 1. The lowest BCUT2D eigenvalue weighted by Gasteiger charge is -2.53. The van der Waals surface area contributed by atoms with Crippen molar-refractivity contribution >= 4 is 21.9 Å². The van der Waals surface area contributed by atoms with Crippen molar-refractivity contribution < 1.29 is 9.90 Å².